The third-order valence-corrected chi connectivity index (χ3v) is 3.98. The van der Waals surface area contributed by atoms with Gasteiger partial charge in [-0.15, -0.1) is 0 Å². The maximum atomic E-state index is 12.7. The van der Waals surface area contributed by atoms with Crippen LogP contribution < -0.4 is 0 Å². The number of ether oxygens (including phenoxy) is 1. The van der Waals surface area contributed by atoms with Crippen molar-refractivity contribution in [2.75, 3.05) is 6.61 Å². The molecule has 1 aromatic rings. The maximum absolute atomic E-state index is 12.7. The summed E-state index contributed by atoms with van der Waals surface area (Å²) in [6.45, 7) is 4.28. The SMILES string of the molecule is C=C1CC2COC(=O)C2(C(=O)c2ccccc2)C1. The first-order chi connectivity index (χ1) is 8.64. The van der Waals surface area contributed by atoms with E-state index in [1.54, 1.807) is 12.1 Å². The van der Waals surface area contributed by atoms with Crippen LogP contribution in [0.2, 0.25) is 0 Å². The Balaban J connectivity index is 2.06. The fourth-order valence-corrected chi connectivity index (χ4v) is 3.08. The third kappa shape index (κ3) is 1.37. The number of benzene rings is 1. The summed E-state index contributed by atoms with van der Waals surface area (Å²) in [6.07, 6.45) is 1.15. The second-order valence-corrected chi connectivity index (χ2v) is 5.09. The van der Waals surface area contributed by atoms with E-state index in [9.17, 15) is 9.59 Å². The van der Waals surface area contributed by atoms with Crippen LogP contribution in [0.4, 0.5) is 0 Å². The molecule has 1 saturated heterocycles. The zero-order chi connectivity index (χ0) is 12.8. The van der Waals surface area contributed by atoms with E-state index in [-0.39, 0.29) is 17.7 Å². The Bertz CT molecular complexity index is 532. The molecule has 3 rings (SSSR count). The minimum absolute atomic E-state index is 0.0368. The summed E-state index contributed by atoms with van der Waals surface area (Å²) in [5.74, 6) is -0.528. The molecule has 2 unspecified atom stereocenters. The molecule has 1 heterocycles. The molecule has 1 aliphatic carbocycles. The quantitative estimate of drug-likeness (QED) is 0.346. The van der Waals surface area contributed by atoms with Crippen LogP contribution in [0.5, 0.6) is 0 Å². The van der Waals surface area contributed by atoms with E-state index in [0.717, 1.165) is 5.57 Å². The molecule has 92 valence electrons. The van der Waals surface area contributed by atoms with Gasteiger partial charge in [0.15, 0.2) is 5.78 Å². The Morgan fingerprint density at radius 3 is 2.78 bits per heavy atom. The predicted molar refractivity (Wildman–Crippen MR) is 66.0 cm³/mol. The smallest absolute Gasteiger partial charge is 0.320 e. The van der Waals surface area contributed by atoms with E-state index in [1.165, 1.54) is 0 Å². The summed E-state index contributed by atoms with van der Waals surface area (Å²) in [5.41, 5.74) is 0.551. The molecule has 3 heteroatoms. The summed E-state index contributed by atoms with van der Waals surface area (Å²) >= 11 is 0. The molecule has 0 aromatic heterocycles. The molecule has 0 radical (unpaired) electrons. The van der Waals surface area contributed by atoms with Crippen molar-refractivity contribution >= 4 is 11.8 Å². The molecule has 2 fully saturated rings. The van der Waals surface area contributed by atoms with Crippen LogP contribution in [0.3, 0.4) is 0 Å². The standard InChI is InChI=1S/C15H14O3/c1-10-7-12-9-18-14(17)15(12,8-10)13(16)11-5-3-2-4-6-11/h2-6,12H,1,7-9H2. The fourth-order valence-electron chi connectivity index (χ4n) is 3.08. The number of hydrogen-bond donors (Lipinski definition) is 0. The van der Waals surface area contributed by atoms with Gasteiger partial charge in [-0.05, 0) is 12.8 Å². The molecule has 2 aliphatic rings. The highest BCUT2D eigenvalue weighted by Gasteiger charge is 2.61. The van der Waals surface area contributed by atoms with Crippen LogP contribution in [0.15, 0.2) is 42.5 Å². The number of carbonyl (C=O) groups excluding carboxylic acids is 2. The highest BCUT2D eigenvalue weighted by atomic mass is 16.5. The fraction of sp³-hybridized carbons (Fsp3) is 0.333. The van der Waals surface area contributed by atoms with Crippen LogP contribution >= 0.6 is 0 Å². The van der Waals surface area contributed by atoms with Crippen molar-refractivity contribution in [3.63, 3.8) is 0 Å². The van der Waals surface area contributed by atoms with Crippen molar-refractivity contribution in [1.82, 2.24) is 0 Å². The third-order valence-electron chi connectivity index (χ3n) is 3.98. The van der Waals surface area contributed by atoms with Gasteiger partial charge in [0.05, 0.1) is 6.61 Å². The highest BCUT2D eigenvalue weighted by Crippen LogP contribution is 2.52. The number of fused-ring (bicyclic) bond motifs is 1. The minimum atomic E-state index is -1.00. The number of carbonyl (C=O) groups is 2. The van der Waals surface area contributed by atoms with Gasteiger partial charge in [0.1, 0.15) is 5.41 Å². The molecule has 0 spiro atoms. The highest BCUT2D eigenvalue weighted by molar-refractivity contribution is 6.14. The average molecular weight is 242 g/mol. The topological polar surface area (TPSA) is 43.4 Å². The van der Waals surface area contributed by atoms with Gasteiger partial charge in [0, 0.05) is 11.5 Å². The lowest BCUT2D eigenvalue weighted by Crippen LogP contribution is -2.38. The van der Waals surface area contributed by atoms with E-state index < -0.39 is 5.41 Å². The number of cyclic esters (lactones) is 1. The molecule has 2 atom stereocenters. The first-order valence-electron chi connectivity index (χ1n) is 6.08. The van der Waals surface area contributed by atoms with Crippen LogP contribution in [-0.4, -0.2) is 18.4 Å². The first kappa shape index (κ1) is 11.2. The van der Waals surface area contributed by atoms with Crippen molar-refractivity contribution in [3.8, 4) is 0 Å². The Morgan fingerprint density at radius 2 is 2.06 bits per heavy atom. The molecule has 0 amide bonds. The van der Waals surface area contributed by atoms with Gasteiger partial charge < -0.3 is 4.74 Å². The van der Waals surface area contributed by atoms with Crippen molar-refractivity contribution in [2.24, 2.45) is 11.3 Å². The van der Waals surface area contributed by atoms with Gasteiger partial charge in [-0.2, -0.15) is 0 Å². The molecule has 0 bridgehead atoms. The monoisotopic (exact) mass is 242 g/mol. The summed E-state index contributed by atoms with van der Waals surface area (Å²) < 4.78 is 5.11. The maximum Gasteiger partial charge on any atom is 0.320 e. The van der Waals surface area contributed by atoms with Gasteiger partial charge in [-0.1, -0.05) is 42.5 Å². The van der Waals surface area contributed by atoms with Gasteiger partial charge in [-0.25, -0.2) is 0 Å². The Hall–Kier alpha value is -1.90. The normalized spacial score (nSPS) is 30.1. The summed E-state index contributed by atoms with van der Waals surface area (Å²) in [5, 5.41) is 0. The number of esters is 1. The second kappa shape index (κ2) is 3.80. The van der Waals surface area contributed by atoms with Gasteiger partial charge in [-0.3, -0.25) is 9.59 Å². The number of hydrogen-bond acceptors (Lipinski definition) is 3. The summed E-state index contributed by atoms with van der Waals surface area (Å²) in [4.78, 5) is 24.7. The zero-order valence-corrected chi connectivity index (χ0v) is 10.0. The molecule has 3 nitrogen and oxygen atoms in total. The molecular formula is C15H14O3. The molecule has 1 aliphatic heterocycles. The Labute approximate surface area is 105 Å². The van der Waals surface area contributed by atoms with E-state index in [2.05, 4.69) is 6.58 Å². The molecular weight excluding hydrogens is 228 g/mol. The largest absolute Gasteiger partial charge is 0.465 e. The Morgan fingerprint density at radius 1 is 1.33 bits per heavy atom. The number of ketones is 1. The number of Topliss-reactive ketones (excluding diaryl/α,β-unsaturated/α-hetero) is 1. The van der Waals surface area contributed by atoms with Crippen molar-refractivity contribution < 1.29 is 14.3 Å². The second-order valence-electron chi connectivity index (χ2n) is 5.09. The van der Waals surface area contributed by atoms with Crippen LogP contribution in [0.25, 0.3) is 0 Å². The van der Waals surface area contributed by atoms with Gasteiger partial charge >= 0.3 is 5.97 Å². The van der Waals surface area contributed by atoms with Crippen LogP contribution in [0, 0.1) is 11.3 Å². The summed E-state index contributed by atoms with van der Waals surface area (Å²) in [6, 6.07) is 8.97. The Kier molecular flexibility index (Phi) is 2.37. The average Bonchev–Trinajstić information content (AvgIpc) is 2.87. The minimum Gasteiger partial charge on any atom is -0.465 e. The predicted octanol–water partition coefficient (Wildman–Crippen LogP) is 2.38. The van der Waals surface area contributed by atoms with E-state index in [4.69, 9.17) is 4.74 Å². The number of rotatable bonds is 2. The van der Waals surface area contributed by atoms with Crippen molar-refractivity contribution in [1.29, 1.82) is 0 Å². The van der Waals surface area contributed by atoms with Crippen LogP contribution in [0.1, 0.15) is 23.2 Å². The van der Waals surface area contributed by atoms with E-state index >= 15 is 0 Å². The molecule has 18 heavy (non-hydrogen) atoms. The lowest BCUT2D eigenvalue weighted by molar-refractivity contribution is -0.144. The summed E-state index contributed by atoms with van der Waals surface area (Å²) in [7, 11) is 0. The van der Waals surface area contributed by atoms with Crippen molar-refractivity contribution in [2.45, 2.75) is 12.8 Å². The number of allylic oxidation sites excluding steroid dienone is 1. The van der Waals surface area contributed by atoms with Gasteiger partial charge in [0.2, 0.25) is 0 Å². The zero-order valence-electron chi connectivity index (χ0n) is 10.0. The molecule has 1 saturated carbocycles. The van der Waals surface area contributed by atoms with Crippen molar-refractivity contribution in [3.05, 3.63) is 48.0 Å². The van der Waals surface area contributed by atoms with E-state index in [0.29, 0.717) is 25.0 Å². The van der Waals surface area contributed by atoms with E-state index in [1.807, 2.05) is 18.2 Å². The lowest BCUT2D eigenvalue weighted by Gasteiger charge is -2.22. The molecule has 0 N–H and O–H groups in total. The first-order valence-corrected chi connectivity index (χ1v) is 6.08. The van der Waals surface area contributed by atoms with Crippen LogP contribution in [-0.2, 0) is 9.53 Å². The molecule has 1 aromatic carbocycles. The van der Waals surface area contributed by atoms with Gasteiger partial charge in [0.25, 0.3) is 0 Å². The lowest BCUT2D eigenvalue weighted by atomic mass is 9.74.